The lowest BCUT2D eigenvalue weighted by Gasteiger charge is -2.16. The third-order valence-corrected chi connectivity index (χ3v) is 6.12. The van der Waals surface area contributed by atoms with E-state index in [1.807, 2.05) is 0 Å². The van der Waals surface area contributed by atoms with E-state index >= 15 is 0 Å². The van der Waals surface area contributed by atoms with Gasteiger partial charge in [-0.15, -0.1) is 0 Å². The molecule has 1 aliphatic rings. The lowest BCUT2D eigenvalue weighted by molar-refractivity contribution is 0.331. The SMILES string of the molecule is [C-]#[N+]c1ccc(-c2cnc(Nc3cc(CN4CCCC4)ccc3C)o2)cc1-n1ccccc1=O. The van der Waals surface area contributed by atoms with Crippen LogP contribution in [0, 0.1) is 13.5 Å². The smallest absolute Gasteiger partial charge is 0.299 e. The molecule has 0 aliphatic carbocycles. The van der Waals surface area contributed by atoms with Crippen molar-refractivity contribution in [3.8, 4) is 17.0 Å². The fourth-order valence-corrected chi connectivity index (χ4v) is 4.27. The van der Waals surface area contributed by atoms with Crippen LogP contribution >= 0.6 is 0 Å². The number of aryl methyl sites for hydroxylation is 1. The van der Waals surface area contributed by atoms with Gasteiger partial charge in [0.1, 0.15) is 0 Å². The van der Waals surface area contributed by atoms with Crippen LogP contribution < -0.4 is 10.9 Å². The number of anilines is 2. The molecule has 170 valence electrons. The van der Waals surface area contributed by atoms with Gasteiger partial charge in [-0.1, -0.05) is 30.3 Å². The Morgan fingerprint density at radius 3 is 2.76 bits per heavy atom. The average Bonchev–Trinajstić information content (AvgIpc) is 3.54. The first kappa shape index (κ1) is 21.7. The van der Waals surface area contributed by atoms with E-state index in [1.54, 1.807) is 42.7 Å². The molecule has 0 amide bonds. The van der Waals surface area contributed by atoms with Crippen LogP contribution in [0.2, 0.25) is 0 Å². The first-order valence-corrected chi connectivity index (χ1v) is 11.4. The number of hydrogen-bond donors (Lipinski definition) is 1. The molecule has 1 saturated heterocycles. The largest absolute Gasteiger partial charge is 0.423 e. The van der Waals surface area contributed by atoms with Gasteiger partial charge in [-0.3, -0.25) is 14.3 Å². The Hall–Kier alpha value is -4.15. The van der Waals surface area contributed by atoms with Crippen molar-refractivity contribution in [2.75, 3.05) is 18.4 Å². The maximum atomic E-state index is 12.3. The summed E-state index contributed by atoms with van der Waals surface area (Å²) in [5, 5.41) is 3.31. The number of likely N-dealkylation sites (tertiary alicyclic amines) is 1. The average molecular weight is 452 g/mol. The zero-order valence-electron chi connectivity index (χ0n) is 19.0. The summed E-state index contributed by atoms with van der Waals surface area (Å²) in [7, 11) is 0. The van der Waals surface area contributed by atoms with Crippen molar-refractivity contribution in [2.24, 2.45) is 0 Å². The number of pyridine rings is 1. The Kier molecular flexibility index (Phi) is 5.98. The fourth-order valence-electron chi connectivity index (χ4n) is 4.27. The molecule has 2 aromatic heterocycles. The lowest BCUT2D eigenvalue weighted by atomic mass is 10.1. The highest BCUT2D eigenvalue weighted by Crippen LogP contribution is 2.31. The molecule has 0 bridgehead atoms. The molecule has 3 heterocycles. The van der Waals surface area contributed by atoms with Crippen molar-refractivity contribution < 1.29 is 4.42 Å². The molecule has 1 fully saturated rings. The van der Waals surface area contributed by atoms with Gasteiger partial charge in [0, 0.05) is 30.1 Å². The van der Waals surface area contributed by atoms with Gasteiger partial charge >= 0.3 is 0 Å². The minimum absolute atomic E-state index is 0.200. The fraction of sp³-hybridized carbons (Fsp3) is 0.222. The van der Waals surface area contributed by atoms with Gasteiger partial charge in [-0.25, -0.2) is 9.83 Å². The highest BCUT2D eigenvalue weighted by molar-refractivity contribution is 5.71. The molecule has 34 heavy (non-hydrogen) atoms. The van der Waals surface area contributed by atoms with Crippen LogP contribution in [0.4, 0.5) is 17.4 Å². The van der Waals surface area contributed by atoms with E-state index in [1.165, 1.54) is 29.0 Å². The molecule has 0 unspecified atom stereocenters. The summed E-state index contributed by atoms with van der Waals surface area (Å²) in [5.74, 6) is 0.551. The van der Waals surface area contributed by atoms with E-state index in [9.17, 15) is 4.79 Å². The predicted octanol–water partition coefficient (Wildman–Crippen LogP) is 5.69. The Bertz CT molecular complexity index is 1420. The standard InChI is InChI=1S/C27H25N5O2/c1-19-8-9-20(18-31-12-5-6-13-31)15-23(19)30-27-29-17-25(34-27)21-10-11-22(28-2)24(16-21)32-14-4-3-7-26(32)33/h3-4,7-11,14-17H,5-6,12-13,18H2,1H3,(H,29,30). The lowest BCUT2D eigenvalue weighted by Crippen LogP contribution is -2.18. The molecule has 0 atom stereocenters. The van der Waals surface area contributed by atoms with E-state index in [0.717, 1.165) is 36.4 Å². The number of oxazole rings is 1. The van der Waals surface area contributed by atoms with Gasteiger partial charge in [0.2, 0.25) is 5.69 Å². The van der Waals surface area contributed by atoms with Crippen molar-refractivity contribution in [1.82, 2.24) is 14.5 Å². The predicted molar refractivity (Wildman–Crippen MR) is 133 cm³/mol. The van der Waals surface area contributed by atoms with Crippen LogP contribution in [0.5, 0.6) is 0 Å². The van der Waals surface area contributed by atoms with Crippen LogP contribution in [-0.2, 0) is 6.54 Å². The quantitative estimate of drug-likeness (QED) is 0.382. The van der Waals surface area contributed by atoms with Crippen molar-refractivity contribution in [3.05, 3.63) is 99.9 Å². The Morgan fingerprint density at radius 1 is 1.12 bits per heavy atom. The van der Waals surface area contributed by atoms with Gasteiger partial charge in [0.25, 0.3) is 11.6 Å². The summed E-state index contributed by atoms with van der Waals surface area (Å²) < 4.78 is 7.46. The van der Waals surface area contributed by atoms with Crippen LogP contribution in [0.15, 0.2) is 76.2 Å². The highest BCUT2D eigenvalue weighted by atomic mass is 16.4. The molecule has 2 aromatic carbocycles. The summed E-state index contributed by atoms with van der Waals surface area (Å²) in [6.07, 6.45) is 5.85. The molecule has 7 heteroatoms. The number of aromatic nitrogens is 2. The van der Waals surface area contributed by atoms with E-state index < -0.39 is 0 Å². The molecule has 0 spiro atoms. The Labute approximate surface area is 198 Å². The van der Waals surface area contributed by atoms with Gasteiger partial charge < -0.3 is 9.73 Å². The van der Waals surface area contributed by atoms with E-state index in [-0.39, 0.29) is 5.56 Å². The van der Waals surface area contributed by atoms with Crippen molar-refractivity contribution in [1.29, 1.82) is 0 Å². The molecule has 1 N–H and O–H groups in total. The zero-order chi connectivity index (χ0) is 23.5. The van der Waals surface area contributed by atoms with E-state index in [2.05, 4.69) is 45.2 Å². The topological polar surface area (TPSA) is 67.7 Å². The molecular formula is C27H25N5O2. The molecule has 1 aliphatic heterocycles. The number of rotatable bonds is 6. The van der Waals surface area contributed by atoms with Crippen LogP contribution in [0.1, 0.15) is 24.0 Å². The molecule has 0 saturated carbocycles. The van der Waals surface area contributed by atoms with Gasteiger partial charge in [-0.05, 0) is 62.2 Å². The molecule has 5 rings (SSSR count). The molecular weight excluding hydrogens is 426 g/mol. The van der Waals surface area contributed by atoms with Crippen molar-refractivity contribution in [2.45, 2.75) is 26.3 Å². The second-order valence-electron chi connectivity index (χ2n) is 8.51. The third-order valence-electron chi connectivity index (χ3n) is 6.12. The Morgan fingerprint density at radius 2 is 1.97 bits per heavy atom. The first-order valence-electron chi connectivity index (χ1n) is 11.4. The van der Waals surface area contributed by atoms with Gasteiger partial charge in [0.15, 0.2) is 5.76 Å². The number of benzene rings is 2. The van der Waals surface area contributed by atoms with Crippen LogP contribution in [0.3, 0.4) is 0 Å². The molecule has 4 aromatic rings. The zero-order valence-corrected chi connectivity index (χ0v) is 19.0. The second-order valence-corrected chi connectivity index (χ2v) is 8.51. The molecule has 7 nitrogen and oxygen atoms in total. The van der Waals surface area contributed by atoms with E-state index in [0.29, 0.717) is 23.1 Å². The summed E-state index contributed by atoms with van der Waals surface area (Å²) in [5.41, 5.74) is 4.76. The normalized spacial score (nSPS) is 13.6. The monoisotopic (exact) mass is 451 g/mol. The second kappa shape index (κ2) is 9.38. The minimum Gasteiger partial charge on any atom is -0.423 e. The molecule has 0 radical (unpaired) electrons. The van der Waals surface area contributed by atoms with Crippen LogP contribution in [-0.4, -0.2) is 27.5 Å². The summed E-state index contributed by atoms with van der Waals surface area (Å²) in [6, 6.07) is 17.0. The number of nitrogens with one attached hydrogen (secondary N) is 1. The summed E-state index contributed by atoms with van der Waals surface area (Å²) >= 11 is 0. The van der Waals surface area contributed by atoms with Gasteiger partial charge in [0.05, 0.1) is 18.5 Å². The van der Waals surface area contributed by atoms with Crippen LogP contribution in [0.25, 0.3) is 21.9 Å². The maximum absolute atomic E-state index is 12.3. The van der Waals surface area contributed by atoms with Crippen molar-refractivity contribution in [3.63, 3.8) is 0 Å². The highest BCUT2D eigenvalue weighted by Gasteiger charge is 2.14. The minimum atomic E-state index is -0.200. The third kappa shape index (κ3) is 4.49. The van der Waals surface area contributed by atoms with Crippen molar-refractivity contribution >= 4 is 17.4 Å². The van der Waals surface area contributed by atoms with Gasteiger partial charge in [-0.2, -0.15) is 0 Å². The van der Waals surface area contributed by atoms with E-state index in [4.69, 9.17) is 11.0 Å². The number of nitrogens with zero attached hydrogens (tertiary/aromatic N) is 4. The first-order chi connectivity index (χ1) is 16.6. The summed E-state index contributed by atoms with van der Waals surface area (Å²) in [4.78, 5) is 22.8. The Balaban J connectivity index is 1.41. The summed E-state index contributed by atoms with van der Waals surface area (Å²) in [6.45, 7) is 12.8. The number of hydrogen-bond acceptors (Lipinski definition) is 5. The maximum Gasteiger partial charge on any atom is 0.299 e.